The summed E-state index contributed by atoms with van der Waals surface area (Å²) in [5.74, 6) is -0.783. The maximum Gasteiger partial charge on any atom is 0.329 e. The molecule has 276 valence electrons. The average molecular weight is 715 g/mol. The van der Waals surface area contributed by atoms with Gasteiger partial charge in [-0.2, -0.15) is 0 Å². The molecule has 8 rings (SSSR count). The van der Waals surface area contributed by atoms with Gasteiger partial charge in [-0.1, -0.05) is 34.6 Å². The van der Waals surface area contributed by atoms with Crippen LogP contribution >= 0.6 is 0 Å². The zero-order valence-electron chi connectivity index (χ0n) is 30.5. The van der Waals surface area contributed by atoms with Crippen molar-refractivity contribution in [3.05, 3.63) is 58.1 Å². The van der Waals surface area contributed by atoms with Gasteiger partial charge in [0.25, 0.3) is 0 Å². The molecule has 2 aromatic heterocycles. The molecule has 0 N–H and O–H groups in total. The molecule has 0 radical (unpaired) electrons. The van der Waals surface area contributed by atoms with E-state index in [1.807, 2.05) is 17.0 Å². The fourth-order valence-electron chi connectivity index (χ4n) is 12.1. The standard InChI is InChI=1S/C39H46N4O9/c1-21(44)50-31-19-28-36(2,3)30(51-35(46)25-8-7-16-42(25)23-9-10-24(43(47)48)34-33(23)40-52-41-34)12-15-37(28,4)27-11-14-38(5)29(39(27,31)6)18-26(45)32(38)22-13-17-49-20-22/h9-10,13,17-18,20,25,27-28,30-32H,7-8,11-12,14-16,19H2,1-6H3/t25-,27+,28-,30-,31+,32+,37+,38+,39+/m0/s1. The first-order valence-corrected chi connectivity index (χ1v) is 18.4. The summed E-state index contributed by atoms with van der Waals surface area (Å²) in [6.45, 7) is 13.1. The number of nitrogens with zero attached hydrogens (tertiary/aromatic N) is 4. The summed E-state index contributed by atoms with van der Waals surface area (Å²) in [6.07, 6.45) is 9.36. The number of benzene rings is 1. The number of fused-ring (bicyclic) bond motifs is 6. The second kappa shape index (κ2) is 11.7. The number of esters is 2. The van der Waals surface area contributed by atoms with E-state index in [1.54, 1.807) is 18.6 Å². The van der Waals surface area contributed by atoms with Crippen LogP contribution in [0.5, 0.6) is 0 Å². The number of ketones is 1. The predicted octanol–water partition coefficient (Wildman–Crippen LogP) is 7.10. The summed E-state index contributed by atoms with van der Waals surface area (Å²) < 4.78 is 23.1. The molecule has 3 aromatic rings. The van der Waals surface area contributed by atoms with Crippen molar-refractivity contribution in [1.82, 2.24) is 10.3 Å². The molecule has 0 spiro atoms. The minimum absolute atomic E-state index is 0.0404. The summed E-state index contributed by atoms with van der Waals surface area (Å²) >= 11 is 0. The number of carbonyl (C=O) groups is 3. The fraction of sp³-hybridized carbons (Fsp3) is 0.615. The summed E-state index contributed by atoms with van der Waals surface area (Å²) in [5, 5.41) is 19.3. The highest BCUT2D eigenvalue weighted by Crippen LogP contribution is 2.73. The van der Waals surface area contributed by atoms with E-state index in [4.69, 9.17) is 18.5 Å². The molecule has 1 saturated heterocycles. The van der Waals surface area contributed by atoms with Crippen molar-refractivity contribution < 1.29 is 37.8 Å². The molecule has 0 bridgehead atoms. The Hall–Kier alpha value is -4.55. The van der Waals surface area contributed by atoms with E-state index in [2.05, 4.69) is 44.9 Å². The molecule has 0 unspecified atom stereocenters. The maximum absolute atomic E-state index is 14.1. The average Bonchev–Trinajstić information content (AvgIpc) is 3.90. The lowest BCUT2D eigenvalue weighted by atomic mass is 9.37. The first-order valence-electron chi connectivity index (χ1n) is 18.4. The van der Waals surface area contributed by atoms with Crippen LogP contribution in [0.3, 0.4) is 0 Å². The molecule has 3 saturated carbocycles. The number of nitro groups is 1. The molecule has 0 amide bonds. The quantitative estimate of drug-likeness (QED) is 0.145. The zero-order valence-corrected chi connectivity index (χ0v) is 30.5. The molecular formula is C39H46N4O9. The molecule has 1 aromatic carbocycles. The molecule has 5 aliphatic rings. The SMILES string of the molecule is CC(=O)O[C@@H]1C[C@H]2C(C)(C)[C@@H](OC(=O)[C@@H]3CCCN3c3ccc([N+](=O)[O-])c4nonc34)CC[C@]2(C)[C@H]2CC[C@]3(C)C(=CC(=O)[C@H]3c3ccoc3)[C@@]21C. The van der Waals surface area contributed by atoms with Crippen molar-refractivity contribution in [3.63, 3.8) is 0 Å². The maximum atomic E-state index is 14.1. The van der Waals surface area contributed by atoms with Gasteiger partial charge in [-0.3, -0.25) is 19.7 Å². The number of anilines is 1. The number of furan rings is 1. The van der Waals surface area contributed by atoms with Crippen LogP contribution in [-0.2, 0) is 23.9 Å². The Labute approximate surface area is 301 Å². The minimum atomic E-state index is -0.597. The van der Waals surface area contributed by atoms with Crippen molar-refractivity contribution in [3.8, 4) is 0 Å². The molecular weight excluding hydrogens is 668 g/mol. The lowest BCUT2D eigenvalue weighted by molar-refractivity contribution is -0.383. The van der Waals surface area contributed by atoms with Crippen molar-refractivity contribution in [2.45, 2.75) is 111 Å². The lowest BCUT2D eigenvalue weighted by Gasteiger charge is -2.68. The van der Waals surface area contributed by atoms with Gasteiger partial charge in [0.2, 0.25) is 5.52 Å². The Morgan fingerprint density at radius 2 is 1.75 bits per heavy atom. The Morgan fingerprint density at radius 3 is 2.46 bits per heavy atom. The Kier molecular flexibility index (Phi) is 7.79. The molecule has 13 heteroatoms. The number of rotatable bonds is 6. The van der Waals surface area contributed by atoms with E-state index >= 15 is 0 Å². The summed E-state index contributed by atoms with van der Waals surface area (Å²) in [6, 6.07) is 4.25. The van der Waals surface area contributed by atoms with Crippen LogP contribution in [0.25, 0.3) is 11.0 Å². The minimum Gasteiger partial charge on any atom is -0.472 e. The molecule has 52 heavy (non-hydrogen) atoms. The Morgan fingerprint density at radius 1 is 0.981 bits per heavy atom. The van der Waals surface area contributed by atoms with Crippen LogP contribution in [0.15, 0.2) is 51.4 Å². The highest BCUT2D eigenvalue weighted by atomic mass is 16.6. The number of non-ortho nitro benzene ring substituents is 1. The lowest BCUT2D eigenvalue weighted by Crippen LogP contribution is -2.66. The van der Waals surface area contributed by atoms with Gasteiger partial charge in [-0.05, 0) is 96.3 Å². The summed E-state index contributed by atoms with van der Waals surface area (Å²) in [5.41, 5.74) is 0.932. The number of allylic oxidation sites excluding steroid dienone is 1. The summed E-state index contributed by atoms with van der Waals surface area (Å²) in [4.78, 5) is 53.7. The van der Waals surface area contributed by atoms with E-state index in [-0.39, 0.29) is 63.7 Å². The second-order valence-electron chi connectivity index (χ2n) is 17.1. The molecule has 9 atom stereocenters. The van der Waals surface area contributed by atoms with Crippen LogP contribution in [-0.4, -0.2) is 57.8 Å². The number of nitro benzene ring substituents is 1. The van der Waals surface area contributed by atoms with Crippen LogP contribution in [0.4, 0.5) is 11.4 Å². The third-order valence-electron chi connectivity index (χ3n) is 14.3. The topological polar surface area (TPSA) is 168 Å². The van der Waals surface area contributed by atoms with E-state index < -0.39 is 33.3 Å². The Balaban J connectivity index is 1.08. The van der Waals surface area contributed by atoms with Gasteiger partial charge in [0.05, 0.1) is 29.1 Å². The second-order valence-corrected chi connectivity index (χ2v) is 17.1. The van der Waals surface area contributed by atoms with Gasteiger partial charge in [0.1, 0.15) is 18.2 Å². The fourth-order valence-corrected chi connectivity index (χ4v) is 12.1. The van der Waals surface area contributed by atoms with Crippen LogP contribution < -0.4 is 4.90 Å². The summed E-state index contributed by atoms with van der Waals surface area (Å²) in [7, 11) is 0. The molecule has 4 fully saturated rings. The number of ether oxygens (including phenoxy) is 2. The van der Waals surface area contributed by atoms with Gasteiger partial charge in [-0.25, -0.2) is 9.42 Å². The van der Waals surface area contributed by atoms with Crippen LogP contribution in [0, 0.1) is 43.6 Å². The van der Waals surface area contributed by atoms with Crippen LogP contribution in [0.1, 0.15) is 98.0 Å². The number of carbonyl (C=O) groups excluding carboxylic acids is 3. The largest absolute Gasteiger partial charge is 0.472 e. The van der Waals surface area contributed by atoms with Gasteiger partial charge in [0, 0.05) is 41.3 Å². The molecule has 1 aliphatic heterocycles. The van der Waals surface area contributed by atoms with Crippen molar-refractivity contribution >= 4 is 40.1 Å². The van der Waals surface area contributed by atoms with Crippen LogP contribution in [0.2, 0.25) is 0 Å². The van der Waals surface area contributed by atoms with E-state index in [1.165, 1.54) is 13.0 Å². The highest BCUT2D eigenvalue weighted by molar-refractivity contribution is 6.01. The van der Waals surface area contributed by atoms with Crippen molar-refractivity contribution in [1.29, 1.82) is 0 Å². The predicted molar refractivity (Wildman–Crippen MR) is 187 cm³/mol. The number of hydrogen-bond acceptors (Lipinski definition) is 12. The third-order valence-corrected chi connectivity index (χ3v) is 14.3. The normalized spacial score (nSPS) is 36.5. The smallest absolute Gasteiger partial charge is 0.329 e. The first-order chi connectivity index (χ1) is 24.6. The number of hydrogen-bond donors (Lipinski definition) is 0. The molecule has 3 heterocycles. The van der Waals surface area contributed by atoms with Crippen molar-refractivity contribution in [2.24, 2.45) is 33.5 Å². The van der Waals surface area contributed by atoms with Gasteiger partial charge >= 0.3 is 17.6 Å². The number of aromatic nitrogens is 2. The van der Waals surface area contributed by atoms with E-state index in [9.17, 15) is 24.5 Å². The molecule has 4 aliphatic carbocycles. The van der Waals surface area contributed by atoms with E-state index in [0.29, 0.717) is 31.5 Å². The van der Waals surface area contributed by atoms with Crippen molar-refractivity contribution in [2.75, 3.05) is 11.4 Å². The van der Waals surface area contributed by atoms with Gasteiger partial charge < -0.3 is 18.8 Å². The van der Waals surface area contributed by atoms with Gasteiger partial charge in [-0.15, -0.1) is 0 Å². The third kappa shape index (κ3) is 4.75. The molecule has 13 nitrogen and oxygen atoms in total. The Bertz CT molecular complexity index is 2000. The monoisotopic (exact) mass is 714 g/mol. The van der Waals surface area contributed by atoms with E-state index in [0.717, 1.165) is 36.8 Å². The van der Waals surface area contributed by atoms with Gasteiger partial charge in [0.15, 0.2) is 11.3 Å². The first kappa shape index (κ1) is 34.5. The zero-order chi connectivity index (χ0) is 37.0. The highest BCUT2D eigenvalue weighted by Gasteiger charge is 2.70.